The fraction of sp³-hybridized carbons (Fsp3) is 0.0476. The Kier molecular flexibility index (Phi) is 10.7. The Labute approximate surface area is 289 Å². The molecule has 0 bridgehead atoms. The van der Waals surface area contributed by atoms with Gasteiger partial charge in [0.2, 0.25) is 0 Å². The van der Waals surface area contributed by atoms with E-state index in [0.29, 0.717) is 11.3 Å². The standard InChI is InChI=1S/2C21H16P.Zr/c2*1-3-10-18(11-4-1)22(19-12-5-2-6-13-19)21-16-15-17-9-7-8-14-20(17)21;/h2*1-15,21H;/q2*-1;+2. The van der Waals surface area contributed by atoms with E-state index in [-0.39, 0.29) is 26.2 Å². The predicted octanol–water partition coefficient (Wildman–Crippen LogP) is 9.38. The van der Waals surface area contributed by atoms with Crippen LogP contribution in [0, 0.1) is 12.2 Å². The molecule has 0 spiro atoms. The molecule has 2 unspecified atom stereocenters. The molecule has 6 aromatic rings. The van der Waals surface area contributed by atoms with Gasteiger partial charge in [0.1, 0.15) is 0 Å². The minimum Gasteiger partial charge on any atom is -0.263 e. The van der Waals surface area contributed by atoms with E-state index in [1.165, 1.54) is 43.5 Å². The van der Waals surface area contributed by atoms with Crippen molar-refractivity contribution in [1.82, 2.24) is 0 Å². The molecular formula is C42H32P2Zr. The maximum absolute atomic E-state index is 3.62. The summed E-state index contributed by atoms with van der Waals surface area (Å²) in [6, 6.07) is 60.8. The van der Waals surface area contributed by atoms with Gasteiger partial charge < -0.3 is 0 Å². The molecule has 0 heterocycles. The summed E-state index contributed by atoms with van der Waals surface area (Å²) in [7, 11) is -0.962. The van der Waals surface area contributed by atoms with Gasteiger partial charge in [0.05, 0.1) is 0 Å². The summed E-state index contributed by atoms with van der Waals surface area (Å²) in [4.78, 5) is 0. The van der Waals surface area contributed by atoms with Crippen molar-refractivity contribution in [2.45, 2.75) is 11.3 Å². The van der Waals surface area contributed by atoms with E-state index in [0.717, 1.165) is 0 Å². The van der Waals surface area contributed by atoms with Crippen LogP contribution in [0.1, 0.15) is 33.6 Å². The van der Waals surface area contributed by atoms with Gasteiger partial charge in [-0.2, -0.15) is 11.1 Å². The third-order valence-corrected chi connectivity index (χ3v) is 13.3. The third kappa shape index (κ3) is 7.03. The molecule has 0 aromatic heterocycles. The summed E-state index contributed by atoms with van der Waals surface area (Å²) in [6.07, 6.45) is 11.6. The average molecular weight is 690 g/mol. The molecule has 0 fully saturated rings. The summed E-state index contributed by atoms with van der Waals surface area (Å²) in [5.74, 6) is 0. The van der Waals surface area contributed by atoms with E-state index in [1.54, 1.807) is 0 Å². The van der Waals surface area contributed by atoms with Crippen LogP contribution in [0.15, 0.2) is 170 Å². The van der Waals surface area contributed by atoms with Crippen molar-refractivity contribution in [2.24, 2.45) is 0 Å². The maximum Gasteiger partial charge on any atom is 2.00 e. The van der Waals surface area contributed by atoms with Crippen molar-refractivity contribution in [2.75, 3.05) is 0 Å². The first kappa shape index (κ1) is 31.5. The zero-order valence-corrected chi connectivity index (χ0v) is 29.1. The van der Waals surface area contributed by atoms with Crippen LogP contribution in [-0.2, 0) is 26.2 Å². The average Bonchev–Trinajstić information content (AvgIpc) is 3.72. The number of benzene rings is 6. The Balaban J connectivity index is 0.000000155. The van der Waals surface area contributed by atoms with Crippen LogP contribution in [0.5, 0.6) is 0 Å². The van der Waals surface area contributed by atoms with Crippen LogP contribution in [0.3, 0.4) is 0 Å². The zero-order valence-electron chi connectivity index (χ0n) is 24.9. The molecule has 2 aliphatic rings. The first-order valence-corrected chi connectivity index (χ1v) is 17.8. The smallest absolute Gasteiger partial charge is 0.263 e. The molecule has 0 nitrogen and oxygen atoms in total. The molecule has 0 saturated carbocycles. The van der Waals surface area contributed by atoms with E-state index in [4.69, 9.17) is 0 Å². The van der Waals surface area contributed by atoms with Crippen molar-refractivity contribution in [1.29, 1.82) is 0 Å². The first-order valence-electron chi connectivity index (χ1n) is 15.0. The normalized spacial score (nSPS) is 15.6. The number of fused-ring (bicyclic) bond motifs is 2. The third-order valence-electron chi connectivity index (χ3n) is 8.03. The summed E-state index contributed by atoms with van der Waals surface area (Å²) in [5.41, 5.74) is 6.12. The first-order chi connectivity index (χ1) is 21.9. The van der Waals surface area contributed by atoms with Gasteiger partial charge in [-0.05, 0) is 21.2 Å². The monoisotopic (exact) mass is 688 g/mol. The molecule has 8 rings (SSSR count). The van der Waals surface area contributed by atoms with Crippen molar-refractivity contribution in [3.63, 3.8) is 0 Å². The molecular weight excluding hydrogens is 658 g/mol. The van der Waals surface area contributed by atoms with E-state index < -0.39 is 15.8 Å². The SMILES string of the molecule is [C-]1=Cc2ccccc2C1P(c1ccccc1)c1ccccc1.[C-]1=Cc2ccccc2C1P(c1ccccc1)c1ccccc1.[Zr+2]. The Morgan fingerprint density at radius 3 is 0.911 bits per heavy atom. The minimum absolute atomic E-state index is 0. The van der Waals surface area contributed by atoms with Crippen molar-refractivity contribution >= 4 is 49.2 Å². The van der Waals surface area contributed by atoms with Crippen molar-refractivity contribution in [3.05, 3.63) is 204 Å². The summed E-state index contributed by atoms with van der Waals surface area (Å²) in [5, 5.41) is 5.63. The Morgan fingerprint density at radius 2 is 0.600 bits per heavy atom. The summed E-state index contributed by atoms with van der Waals surface area (Å²) < 4.78 is 0. The fourth-order valence-corrected chi connectivity index (χ4v) is 11.2. The number of hydrogen-bond donors (Lipinski definition) is 0. The summed E-state index contributed by atoms with van der Waals surface area (Å²) >= 11 is 0. The zero-order chi connectivity index (χ0) is 29.6. The molecule has 2 aliphatic carbocycles. The van der Waals surface area contributed by atoms with Crippen molar-refractivity contribution in [3.8, 4) is 0 Å². The molecule has 0 saturated heterocycles. The van der Waals surface area contributed by atoms with Crippen LogP contribution in [-0.4, -0.2) is 0 Å². The fourth-order valence-electron chi connectivity index (χ4n) is 5.98. The van der Waals surface area contributed by atoms with Gasteiger partial charge in [-0.3, -0.25) is 12.2 Å². The Hall–Kier alpha value is -3.46. The van der Waals surface area contributed by atoms with Crippen LogP contribution < -0.4 is 21.2 Å². The second kappa shape index (κ2) is 15.2. The molecule has 2 atom stereocenters. The molecule has 45 heavy (non-hydrogen) atoms. The molecule has 0 N–H and O–H groups in total. The minimum atomic E-state index is -0.481. The van der Waals surface area contributed by atoms with Crippen LogP contribution in [0.25, 0.3) is 12.2 Å². The van der Waals surface area contributed by atoms with E-state index in [9.17, 15) is 0 Å². The van der Waals surface area contributed by atoms with E-state index >= 15 is 0 Å². The molecule has 0 amide bonds. The second-order valence-corrected chi connectivity index (χ2v) is 15.3. The Bertz CT molecular complexity index is 1650. The second-order valence-electron chi connectivity index (χ2n) is 10.8. The molecule has 6 aromatic carbocycles. The largest absolute Gasteiger partial charge is 2.00 e. The molecule has 214 valence electrons. The number of hydrogen-bond acceptors (Lipinski definition) is 0. The van der Waals surface area contributed by atoms with Gasteiger partial charge in [-0.1, -0.05) is 185 Å². The summed E-state index contributed by atoms with van der Waals surface area (Å²) in [6.45, 7) is 0. The molecule has 3 heteroatoms. The molecule has 0 radical (unpaired) electrons. The van der Waals surface area contributed by atoms with Gasteiger partial charge in [0.15, 0.2) is 0 Å². The number of allylic oxidation sites excluding steroid dienone is 2. The quantitative estimate of drug-likeness (QED) is 0.121. The van der Waals surface area contributed by atoms with Crippen LogP contribution in [0.4, 0.5) is 0 Å². The number of rotatable bonds is 6. The van der Waals surface area contributed by atoms with Gasteiger partial charge in [-0.15, -0.1) is 23.3 Å². The van der Waals surface area contributed by atoms with E-state index in [1.807, 2.05) is 0 Å². The van der Waals surface area contributed by atoms with Gasteiger partial charge >= 0.3 is 26.2 Å². The van der Waals surface area contributed by atoms with Crippen LogP contribution >= 0.6 is 15.8 Å². The van der Waals surface area contributed by atoms with E-state index in [2.05, 4.69) is 194 Å². The van der Waals surface area contributed by atoms with Crippen LogP contribution in [0.2, 0.25) is 0 Å². The Morgan fingerprint density at radius 1 is 0.333 bits per heavy atom. The topological polar surface area (TPSA) is 0 Å². The molecule has 0 aliphatic heterocycles. The van der Waals surface area contributed by atoms with Gasteiger partial charge in [-0.25, -0.2) is 12.2 Å². The predicted molar refractivity (Wildman–Crippen MR) is 192 cm³/mol. The maximum atomic E-state index is 3.62. The van der Waals surface area contributed by atoms with Crippen molar-refractivity contribution < 1.29 is 26.2 Å². The van der Waals surface area contributed by atoms with Gasteiger partial charge in [0, 0.05) is 0 Å². The van der Waals surface area contributed by atoms with Gasteiger partial charge in [0.25, 0.3) is 0 Å².